The van der Waals surface area contributed by atoms with E-state index in [1.165, 1.54) is 0 Å². The predicted octanol–water partition coefficient (Wildman–Crippen LogP) is 2.37. The molecule has 0 aromatic carbocycles. The topological polar surface area (TPSA) is 37.4 Å². The Morgan fingerprint density at radius 2 is 2.17 bits per heavy atom. The summed E-state index contributed by atoms with van der Waals surface area (Å²) in [5, 5.41) is 3.31. The van der Waals surface area contributed by atoms with E-state index in [1.54, 1.807) is 0 Å². The van der Waals surface area contributed by atoms with Gasteiger partial charge in [0, 0.05) is 38.1 Å². The first kappa shape index (κ1) is 14.9. The molecule has 0 aliphatic rings. The van der Waals surface area contributed by atoms with E-state index in [4.69, 9.17) is 4.74 Å². The fourth-order valence-electron chi connectivity index (χ4n) is 1.79. The molecular weight excluding hydrogens is 226 g/mol. The molecular formula is C14H25N3O. The second-order valence-electron chi connectivity index (χ2n) is 4.13. The average molecular weight is 251 g/mol. The Labute approximate surface area is 110 Å². The molecule has 4 heteroatoms. The molecule has 1 rings (SSSR count). The number of nitrogens with one attached hydrogen (secondary N) is 1. The van der Waals surface area contributed by atoms with Gasteiger partial charge in [-0.1, -0.05) is 6.92 Å². The molecule has 1 N–H and O–H groups in total. The molecule has 0 fully saturated rings. The highest BCUT2D eigenvalue weighted by atomic mass is 16.5. The maximum atomic E-state index is 5.39. The van der Waals surface area contributed by atoms with Crippen LogP contribution in [0.3, 0.4) is 0 Å². The third kappa shape index (κ3) is 5.47. The van der Waals surface area contributed by atoms with E-state index in [2.05, 4.69) is 35.1 Å². The first-order valence-corrected chi connectivity index (χ1v) is 6.79. The lowest BCUT2D eigenvalue weighted by Gasteiger charge is -2.20. The van der Waals surface area contributed by atoms with Crippen molar-refractivity contribution in [2.24, 2.45) is 0 Å². The quantitative estimate of drug-likeness (QED) is 0.684. The Balaban J connectivity index is 2.49. The number of anilines is 1. The van der Waals surface area contributed by atoms with Crippen molar-refractivity contribution in [3.8, 4) is 0 Å². The number of ether oxygens (including phenoxy) is 1. The van der Waals surface area contributed by atoms with E-state index in [-0.39, 0.29) is 0 Å². The Morgan fingerprint density at radius 1 is 1.33 bits per heavy atom. The van der Waals surface area contributed by atoms with E-state index >= 15 is 0 Å². The molecule has 1 aromatic heterocycles. The summed E-state index contributed by atoms with van der Waals surface area (Å²) < 4.78 is 5.39. The first-order valence-electron chi connectivity index (χ1n) is 6.79. The molecule has 18 heavy (non-hydrogen) atoms. The van der Waals surface area contributed by atoms with Crippen LogP contribution in [-0.4, -0.2) is 42.7 Å². The second kappa shape index (κ2) is 8.89. The smallest absolute Gasteiger partial charge is 0.0593 e. The molecule has 0 bridgehead atoms. The van der Waals surface area contributed by atoms with Crippen LogP contribution in [0.15, 0.2) is 18.3 Å². The van der Waals surface area contributed by atoms with Crippen molar-refractivity contribution >= 4 is 5.69 Å². The van der Waals surface area contributed by atoms with Crippen LogP contribution in [0.5, 0.6) is 0 Å². The normalized spacial score (nSPS) is 10.9. The average Bonchev–Trinajstić information content (AvgIpc) is 2.38. The summed E-state index contributed by atoms with van der Waals surface area (Å²) in [4.78, 5) is 6.76. The fraction of sp³-hybridized carbons (Fsp3) is 0.643. The van der Waals surface area contributed by atoms with Gasteiger partial charge in [0.05, 0.1) is 12.3 Å². The van der Waals surface area contributed by atoms with Gasteiger partial charge in [0.2, 0.25) is 0 Å². The van der Waals surface area contributed by atoms with Crippen molar-refractivity contribution in [2.75, 3.05) is 38.2 Å². The summed E-state index contributed by atoms with van der Waals surface area (Å²) in [6.45, 7) is 11.6. The molecule has 0 spiro atoms. The van der Waals surface area contributed by atoms with E-state index in [0.717, 1.165) is 50.8 Å². The molecule has 0 saturated heterocycles. The summed E-state index contributed by atoms with van der Waals surface area (Å²) in [6.07, 6.45) is 1.86. The molecule has 4 nitrogen and oxygen atoms in total. The molecule has 0 aliphatic carbocycles. The van der Waals surface area contributed by atoms with Gasteiger partial charge in [-0.2, -0.15) is 0 Å². The second-order valence-corrected chi connectivity index (χ2v) is 4.13. The monoisotopic (exact) mass is 251 g/mol. The predicted molar refractivity (Wildman–Crippen MR) is 75.8 cm³/mol. The zero-order valence-corrected chi connectivity index (χ0v) is 11.8. The zero-order valence-electron chi connectivity index (χ0n) is 11.8. The molecule has 0 saturated carbocycles. The molecule has 0 unspecified atom stereocenters. The SMILES string of the molecule is CCNc1ccnc(CN(CC)CCOCC)c1. The number of rotatable bonds is 9. The first-order chi connectivity index (χ1) is 8.80. The zero-order chi connectivity index (χ0) is 13.2. The number of aromatic nitrogens is 1. The Morgan fingerprint density at radius 3 is 2.83 bits per heavy atom. The van der Waals surface area contributed by atoms with E-state index in [1.807, 2.05) is 19.2 Å². The van der Waals surface area contributed by atoms with Crippen LogP contribution >= 0.6 is 0 Å². The number of hydrogen-bond donors (Lipinski definition) is 1. The van der Waals surface area contributed by atoms with Gasteiger partial charge in [0.25, 0.3) is 0 Å². The summed E-state index contributed by atoms with van der Waals surface area (Å²) >= 11 is 0. The highest BCUT2D eigenvalue weighted by Crippen LogP contribution is 2.09. The highest BCUT2D eigenvalue weighted by molar-refractivity contribution is 5.42. The van der Waals surface area contributed by atoms with Crippen molar-refractivity contribution in [1.82, 2.24) is 9.88 Å². The largest absolute Gasteiger partial charge is 0.385 e. The Kier molecular flexibility index (Phi) is 7.37. The highest BCUT2D eigenvalue weighted by Gasteiger charge is 2.05. The van der Waals surface area contributed by atoms with Crippen molar-refractivity contribution in [3.05, 3.63) is 24.0 Å². The van der Waals surface area contributed by atoms with Gasteiger partial charge in [-0.25, -0.2) is 0 Å². The van der Waals surface area contributed by atoms with E-state index in [9.17, 15) is 0 Å². The standard InChI is InChI=1S/C14H25N3O/c1-4-15-13-7-8-16-14(11-13)12-17(5-2)9-10-18-6-3/h7-8,11H,4-6,9-10,12H2,1-3H3,(H,15,16). The van der Waals surface area contributed by atoms with Gasteiger partial charge >= 0.3 is 0 Å². The molecule has 0 amide bonds. The summed E-state index contributed by atoms with van der Waals surface area (Å²) in [5.41, 5.74) is 2.25. The minimum absolute atomic E-state index is 0.783. The minimum atomic E-state index is 0.783. The van der Waals surface area contributed by atoms with Crippen molar-refractivity contribution < 1.29 is 4.74 Å². The van der Waals surface area contributed by atoms with Gasteiger partial charge in [-0.05, 0) is 32.5 Å². The molecule has 0 aliphatic heterocycles. The fourth-order valence-corrected chi connectivity index (χ4v) is 1.79. The van der Waals surface area contributed by atoms with Crippen LogP contribution in [0.4, 0.5) is 5.69 Å². The third-order valence-corrected chi connectivity index (χ3v) is 2.79. The number of hydrogen-bond acceptors (Lipinski definition) is 4. The summed E-state index contributed by atoms with van der Waals surface area (Å²) in [6, 6.07) is 4.12. The summed E-state index contributed by atoms with van der Waals surface area (Å²) in [7, 11) is 0. The number of pyridine rings is 1. The molecule has 0 radical (unpaired) electrons. The third-order valence-electron chi connectivity index (χ3n) is 2.79. The van der Waals surface area contributed by atoms with Gasteiger partial charge in [-0.3, -0.25) is 9.88 Å². The van der Waals surface area contributed by atoms with Crippen molar-refractivity contribution in [1.29, 1.82) is 0 Å². The maximum absolute atomic E-state index is 5.39. The molecule has 1 aromatic rings. The Hall–Kier alpha value is -1.13. The molecule has 1 heterocycles. The van der Waals surface area contributed by atoms with Crippen LogP contribution in [0.25, 0.3) is 0 Å². The molecule has 102 valence electrons. The lowest BCUT2D eigenvalue weighted by Crippen LogP contribution is -2.27. The van der Waals surface area contributed by atoms with Gasteiger partial charge in [0.15, 0.2) is 0 Å². The van der Waals surface area contributed by atoms with Crippen LogP contribution in [-0.2, 0) is 11.3 Å². The van der Waals surface area contributed by atoms with Crippen LogP contribution in [0.1, 0.15) is 26.5 Å². The van der Waals surface area contributed by atoms with E-state index < -0.39 is 0 Å². The van der Waals surface area contributed by atoms with E-state index in [0.29, 0.717) is 0 Å². The van der Waals surface area contributed by atoms with Crippen molar-refractivity contribution in [3.63, 3.8) is 0 Å². The van der Waals surface area contributed by atoms with Crippen LogP contribution in [0, 0.1) is 0 Å². The lowest BCUT2D eigenvalue weighted by molar-refractivity contribution is 0.112. The van der Waals surface area contributed by atoms with Gasteiger partial charge in [0.1, 0.15) is 0 Å². The van der Waals surface area contributed by atoms with Crippen LogP contribution in [0.2, 0.25) is 0 Å². The van der Waals surface area contributed by atoms with Gasteiger partial charge < -0.3 is 10.1 Å². The number of nitrogens with zero attached hydrogens (tertiary/aromatic N) is 2. The lowest BCUT2D eigenvalue weighted by atomic mass is 10.3. The summed E-state index contributed by atoms with van der Waals surface area (Å²) in [5.74, 6) is 0. The maximum Gasteiger partial charge on any atom is 0.0593 e. The molecule has 0 atom stereocenters. The van der Waals surface area contributed by atoms with Crippen LogP contribution < -0.4 is 5.32 Å². The Bertz CT molecular complexity index is 331. The minimum Gasteiger partial charge on any atom is -0.385 e. The van der Waals surface area contributed by atoms with Gasteiger partial charge in [-0.15, -0.1) is 0 Å². The number of likely N-dealkylation sites (N-methyl/N-ethyl adjacent to an activating group) is 1. The van der Waals surface area contributed by atoms with Crippen molar-refractivity contribution in [2.45, 2.75) is 27.3 Å².